The Hall–Kier alpha value is -3.75. The molecule has 2 aromatic carbocycles. The van der Waals surface area contributed by atoms with Crippen LogP contribution in [0.4, 0.5) is 15.8 Å². The van der Waals surface area contributed by atoms with Gasteiger partial charge in [-0.1, -0.05) is 17.7 Å². The summed E-state index contributed by atoms with van der Waals surface area (Å²) in [4.78, 5) is 21.9. The number of aromatic nitrogens is 1. The van der Waals surface area contributed by atoms with E-state index in [1.165, 1.54) is 31.5 Å². The summed E-state index contributed by atoms with van der Waals surface area (Å²) in [6.07, 6.45) is 1.51. The number of nitrogens with one attached hydrogen (secondary N) is 1. The molecule has 0 fully saturated rings. The molecule has 1 amide bonds. The number of benzene rings is 2. The van der Waals surface area contributed by atoms with E-state index in [9.17, 15) is 14.3 Å². The van der Waals surface area contributed by atoms with Crippen LogP contribution >= 0.6 is 11.6 Å². The van der Waals surface area contributed by atoms with Gasteiger partial charge in [-0.2, -0.15) is 0 Å². The predicted octanol–water partition coefficient (Wildman–Crippen LogP) is 5.22. The van der Waals surface area contributed by atoms with Crippen LogP contribution in [0.1, 0.15) is 27.2 Å². The Labute approximate surface area is 199 Å². The largest absolute Gasteiger partial charge is 0.495 e. The number of ether oxygens (including phenoxy) is 1. The van der Waals surface area contributed by atoms with Crippen molar-refractivity contribution >= 4 is 39.9 Å². The zero-order chi connectivity index (χ0) is 24.4. The maximum absolute atomic E-state index is 14.6. The molecule has 4 rings (SSSR count). The molecule has 0 spiro atoms. The molecule has 0 unspecified atom stereocenters. The SMILES string of the molecule is COc1ccc(Cl)cc1NC(=O)c1cc2c(CO)cnc(C)c2oc1=Nc1ccc(C)cc1F. The first-order valence-corrected chi connectivity index (χ1v) is 10.7. The van der Waals surface area contributed by atoms with Crippen LogP contribution in [0.15, 0.2) is 58.1 Å². The lowest BCUT2D eigenvalue weighted by atomic mass is 10.1. The second-order valence-corrected chi connectivity index (χ2v) is 8.04. The van der Waals surface area contributed by atoms with Gasteiger partial charge in [0, 0.05) is 22.2 Å². The first-order chi connectivity index (χ1) is 16.3. The van der Waals surface area contributed by atoms with Gasteiger partial charge in [0.05, 0.1) is 25.1 Å². The summed E-state index contributed by atoms with van der Waals surface area (Å²) in [5.41, 5.74) is 2.29. The van der Waals surface area contributed by atoms with Crippen molar-refractivity contribution < 1.29 is 23.4 Å². The molecule has 0 aliphatic carbocycles. The van der Waals surface area contributed by atoms with E-state index in [0.717, 1.165) is 5.56 Å². The van der Waals surface area contributed by atoms with Crippen molar-refractivity contribution in [2.75, 3.05) is 12.4 Å². The molecule has 0 aliphatic rings. The fraction of sp³-hybridized carbons (Fsp3) is 0.160. The highest BCUT2D eigenvalue weighted by atomic mass is 35.5. The molecule has 0 radical (unpaired) electrons. The van der Waals surface area contributed by atoms with Gasteiger partial charge in [0.2, 0.25) is 5.55 Å². The molecular weight excluding hydrogens is 461 g/mol. The van der Waals surface area contributed by atoms with Gasteiger partial charge in [0.25, 0.3) is 5.91 Å². The van der Waals surface area contributed by atoms with Crippen molar-refractivity contribution in [1.29, 1.82) is 0 Å². The Morgan fingerprint density at radius 3 is 2.74 bits per heavy atom. The number of halogens is 2. The summed E-state index contributed by atoms with van der Waals surface area (Å²) in [6.45, 7) is 3.17. The molecule has 174 valence electrons. The van der Waals surface area contributed by atoms with Crippen molar-refractivity contribution in [2.24, 2.45) is 4.99 Å². The van der Waals surface area contributed by atoms with Crippen molar-refractivity contribution in [3.63, 3.8) is 0 Å². The van der Waals surface area contributed by atoms with E-state index < -0.39 is 11.7 Å². The van der Waals surface area contributed by atoms with Gasteiger partial charge >= 0.3 is 0 Å². The van der Waals surface area contributed by atoms with Gasteiger partial charge in [-0.25, -0.2) is 9.38 Å². The molecule has 0 aliphatic heterocycles. The summed E-state index contributed by atoms with van der Waals surface area (Å²) in [7, 11) is 1.47. The van der Waals surface area contributed by atoms with Gasteiger partial charge in [-0.05, 0) is 55.8 Å². The Bertz CT molecular complexity index is 1480. The van der Waals surface area contributed by atoms with Crippen LogP contribution in [0.2, 0.25) is 5.02 Å². The summed E-state index contributed by atoms with van der Waals surface area (Å²) >= 11 is 6.09. The third-order valence-corrected chi connectivity index (χ3v) is 5.44. The number of carbonyl (C=O) groups excluding carboxylic acids is 1. The summed E-state index contributed by atoms with van der Waals surface area (Å²) in [5.74, 6) is -0.748. The van der Waals surface area contributed by atoms with Gasteiger partial charge in [0.1, 0.15) is 22.8 Å². The number of anilines is 1. The van der Waals surface area contributed by atoms with E-state index in [2.05, 4.69) is 15.3 Å². The Kier molecular flexibility index (Phi) is 6.63. The zero-order valence-corrected chi connectivity index (χ0v) is 19.4. The molecule has 4 aromatic rings. The van der Waals surface area contributed by atoms with Crippen molar-refractivity contribution in [3.05, 3.63) is 87.4 Å². The second kappa shape index (κ2) is 9.62. The number of carbonyl (C=O) groups is 1. The molecule has 7 nitrogen and oxygen atoms in total. The van der Waals surface area contributed by atoms with E-state index in [4.69, 9.17) is 20.8 Å². The van der Waals surface area contributed by atoms with Gasteiger partial charge in [-0.3, -0.25) is 9.78 Å². The van der Waals surface area contributed by atoms with E-state index in [1.807, 2.05) is 0 Å². The number of pyridine rings is 1. The topological polar surface area (TPSA) is 97.0 Å². The van der Waals surface area contributed by atoms with Crippen LogP contribution in [0, 0.1) is 19.7 Å². The Balaban J connectivity index is 1.95. The lowest BCUT2D eigenvalue weighted by Gasteiger charge is -2.12. The third-order valence-electron chi connectivity index (χ3n) is 5.20. The molecule has 0 saturated carbocycles. The summed E-state index contributed by atoms with van der Waals surface area (Å²) in [5, 5.41) is 13.4. The average Bonchev–Trinajstić information content (AvgIpc) is 2.81. The van der Waals surface area contributed by atoms with Crippen LogP contribution in [-0.2, 0) is 6.61 Å². The quantitative estimate of drug-likeness (QED) is 0.407. The standard InChI is InChI=1S/C25H21ClFN3O4/c1-13-4-6-20(19(27)8-13)30-25-18(10-17-15(12-31)11-28-14(2)23(17)34-25)24(32)29-21-9-16(26)5-7-22(21)33-3/h4-11,31H,12H2,1-3H3,(H,29,32). The number of rotatable bonds is 5. The van der Waals surface area contributed by atoms with Crippen LogP contribution in [-0.4, -0.2) is 23.1 Å². The number of aliphatic hydroxyl groups excluding tert-OH is 1. The molecular formula is C25H21ClFN3O4. The van der Waals surface area contributed by atoms with Crippen molar-refractivity contribution in [3.8, 4) is 5.75 Å². The van der Waals surface area contributed by atoms with Gasteiger partial charge < -0.3 is 19.6 Å². The normalized spacial score (nSPS) is 11.6. The minimum Gasteiger partial charge on any atom is -0.495 e. The maximum Gasteiger partial charge on any atom is 0.261 e. The smallest absolute Gasteiger partial charge is 0.261 e. The molecule has 2 N–H and O–H groups in total. The Morgan fingerprint density at radius 1 is 1.24 bits per heavy atom. The van der Waals surface area contributed by atoms with E-state index in [0.29, 0.717) is 38.7 Å². The Morgan fingerprint density at radius 2 is 2.03 bits per heavy atom. The molecule has 2 aromatic heterocycles. The van der Waals surface area contributed by atoms with Crippen LogP contribution < -0.4 is 15.6 Å². The maximum atomic E-state index is 14.6. The number of aliphatic hydroxyl groups is 1. The number of nitrogens with zero attached hydrogens (tertiary/aromatic N) is 2. The zero-order valence-electron chi connectivity index (χ0n) is 18.6. The number of amides is 1. The van der Waals surface area contributed by atoms with Crippen LogP contribution in [0.3, 0.4) is 0 Å². The van der Waals surface area contributed by atoms with Gasteiger partial charge in [-0.15, -0.1) is 0 Å². The minimum absolute atomic E-state index is 0.00649. The van der Waals surface area contributed by atoms with Crippen LogP contribution in [0.25, 0.3) is 11.0 Å². The second-order valence-electron chi connectivity index (χ2n) is 7.60. The summed E-state index contributed by atoms with van der Waals surface area (Å²) in [6, 6.07) is 10.9. The van der Waals surface area contributed by atoms with Crippen molar-refractivity contribution in [2.45, 2.75) is 20.5 Å². The fourth-order valence-electron chi connectivity index (χ4n) is 3.44. The number of aryl methyl sites for hydroxylation is 2. The van der Waals surface area contributed by atoms with E-state index in [-0.39, 0.29) is 23.4 Å². The summed E-state index contributed by atoms with van der Waals surface area (Å²) < 4.78 is 25.8. The monoisotopic (exact) mass is 481 g/mol. The number of hydrogen-bond donors (Lipinski definition) is 2. The number of hydrogen-bond acceptors (Lipinski definition) is 6. The van der Waals surface area contributed by atoms with E-state index >= 15 is 0 Å². The molecule has 2 heterocycles. The highest BCUT2D eigenvalue weighted by molar-refractivity contribution is 6.31. The lowest BCUT2D eigenvalue weighted by Crippen LogP contribution is -2.22. The van der Waals surface area contributed by atoms with Crippen LogP contribution in [0.5, 0.6) is 5.75 Å². The highest BCUT2D eigenvalue weighted by Gasteiger charge is 2.18. The number of methoxy groups -OCH3 is 1. The average molecular weight is 482 g/mol. The fourth-order valence-corrected chi connectivity index (χ4v) is 3.61. The number of fused-ring (bicyclic) bond motifs is 1. The first-order valence-electron chi connectivity index (χ1n) is 10.3. The van der Waals surface area contributed by atoms with E-state index in [1.54, 1.807) is 38.1 Å². The predicted molar refractivity (Wildman–Crippen MR) is 127 cm³/mol. The molecule has 34 heavy (non-hydrogen) atoms. The molecule has 0 bridgehead atoms. The van der Waals surface area contributed by atoms with Gasteiger partial charge in [0.15, 0.2) is 5.58 Å². The first kappa shape index (κ1) is 23.4. The van der Waals surface area contributed by atoms with Crippen molar-refractivity contribution in [1.82, 2.24) is 4.98 Å². The molecule has 0 atom stereocenters. The molecule has 9 heteroatoms. The lowest BCUT2D eigenvalue weighted by molar-refractivity contribution is 0.102. The molecule has 0 saturated heterocycles. The minimum atomic E-state index is -0.587. The third kappa shape index (κ3) is 4.64. The highest BCUT2D eigenvalue weighted by Crippen LogP contribution is 2.29.